The van der Waals surface area contributed by atoms with Crippen LogP contribution < -0.4 is 5.32 Å². The Labute approximate surface area is 147 Å². The molecule has 5 heteroatoms. The van der Waals surface area contributed by atoms with Crippen molar-refractivity contribution in [1.29, 1.82) is 0 Å². The number of hydrogen-bond donors (Lipinski definition) is 1. The maximum atomic E-state index is 12.7. The van der Waals surface area contributed by atoms with E-state index in [2.05, 4.69) is 5.32 Å². The van der Waals surface area contributed by atoms with Crippen LogP contribution in [0.3, 0.4) is 0 Å². The van der Waals surface area contributed by atoms with Gasteiger partial charge < -0.3 is 15.0 Å². The Hall–Kier alpha value is -2.66. The standard InChI is InChI=1S/C20H22N2O3/c23-19(11-10-16-6-2-1-3-7-16)21-18-9-5-4-8-17(18)20(24)22-12-14-25-15-13-22/h1-9H,10-15H2,(H,21,23). The zero-order chi connectivity index (χ0) is 17.5. The molecule has 0 saturated carbocycles. The van der Waals surface area contributed by atoms with E-state index >= 15 is 0 Å². The number of rotatable bonds is 5. The average Bonchev–Trinajstić information content (AvgIpc) is 2.68. The van der Waals surface area contributed by atoms with Crippen molar-refractivity contribution in [3.05, 3.63) is 65.7 Å². The molecule has 25 heavy (non-hydrogen) atoms. The lowest BCUT2D eigenvalue weighted by molar-refractivity contribution is -0.116. The lowest BCUT2D eigenvalue weighted by Gasteiger charge is -2.27. The predicted octanol–water partition coefficient (Wildman–Crippen LogP) is 2.73. The van der Waals surface area contributed by atoms with Gasteiger partial charge in [-0.15, -0.1) is 0 Å². The molecule has 130 valence electrons. The van der Waals surface area contributed by atoms with Gasteiger partial charge in [0.05, 0.1) is 24.5 Å². The van der Waals surface area contributed by atoms with Gasteiger partial charge in [-0.3, -0.25) is 9.59 Å². The molecule has 1 heterocycles. The second kappa shape index (κ2) is 8.44. The third-order valence-electron chi connectivity index (χ3n) is 4.21. The highest BCUT2D eigenvalue weighted by Gasteiger charge is 2.21. The lowest BCUT2D eigenvalue weighted by Crippen LogP contribution is -2.41. The number of anilines is 1. The van der Waals surface area contributed by atoms with Crippen molar-refractivity contribution in [3.8, 4) is 0 Å². The topological polar surface area (TPSA) is 58.6 Å². The van der Waals surface area contributed by atoms with Crippen molar-refractivity contribution in [2.75, 3.05) is 31.6 Å². The molecule has 0 radical (unpaired) electrons. The van der Waals surface area contributed by atoms with Gasteiger partial charge in [-0.1, -0.05) is 42.5 Å². The number of para-hydroxylation sites is 1. The highest BCUT2D eigenvalue weighted by molar-refractivity contribution is 6.03. The number of amides is 2. The Morgan fingerprint density at radius 2 is 1.64 bits per heavy atom. The van der Waals surface area contributed by atoms with Gasteiger partial charge in [-0.25, -0.2) is 0 Å². The SMILES string of the molecule is O=C(CCc1ccccc1)Nc1ccccc1C(=O)N1CCOCC1. The number of nitrogens with zero attached hydrogens (tertiary/aromatic N) is 1. The van der Waals surface area contributed by atoms with Crippen LogP contribution in [-0.4, -0.2) is 43.0 Å². The van der Waals surface area contributed by atoms with Crippen molar-refractivity contribution in [2.45, 2.75) is 12.8 Å². The number of benzene rings is 2. The monoisotopic (exact) mass is 338 g/mol. The number of ether oxygens (including phenoxy) is 1. The smallest absolute Gasteiger partial charge is 0.256 e. The van der Waals surface area contributed by atoms with E-state index in [0.717, 1.165) is 5.56 Å². The average molecular weight is 338 g/mol. The minimum absolute atomic E-state index is 0.0674. The maximum absolute atomic E-state index is 12.7. The highest BCUT2D eigenvalue weighted by atomic mass is 16.5. The predicted molar refractivity (Wildman–Crippen MR) is 96.6 cm³/mol. The fourth-order valence-electron chi connectivity index (χ4n) is 2.83. The van der Waals surface area contributed by atoms with E-state index in [1.807, 2.05) is 42.5 Å². The molecule has 2 aromatic carbocycles. The molecule has 1 N–H and O–H groups in total. The Bertz CT molecular complexity index is 725. The summed E-state index contributed by atoms with van der Waals surface area (Å²) in [6.45, 7) is 2.26. The quantitative estimate of drug-likeness (QED) is 0.912. The van der Waals surface area contributed by atoms with E-state index in [9.17, 15) is 9.59 Å². The summed E-state index contributed by atoms with van der Waals surface area (Å²) in [5, 5.41) is 2.88. The summed E-state index contributed by atoms with van der Waals surface area (Å²) in [5.41, 5.74) is 2.21. The summed E-state index contributed by atoms with van der Waals surface area (Å²) in [6.07, 6.45) is 1.05. The summed E-state index contributed by atoms with van der Waals surface area (Å²) in [4.78, 5) is 26.7. The van der Waals surface area contributed by atoms with Crippen molar-refractivity contribution in [1.82, 2.24) is 4.90 Å². The Morgan fingerprint density at radius 1 is 0.960 bits per heavy atom. The number of morpholine rings is 1. The molecule has 2 aromatic rings. The van der Waals surface area contributed by atoms with Crippen LogP contribution in [0.1, 0.15) is 22.3 Å². The van der Waals surface area contributed by atoms with Crippen molar-refractivity contribution in [3.63, 3.8) is 0 Å². The number of carbonyl (C=O) groups excluding carboxylic acids is 2. The van der Waals surface area contributed by atoms with Crippen molar-refractivity contribution in [2.24, 2.45) is 0 Å². The summed E-state index contributed by atoms with van der Waals surface area (Å²) >= 11 is 0. The van der Waals surface area contributed by atoms with Gasteiger partial charge >= 0.3 is 0 Å². The molecule has 1 aliphatic heterocycles. The summed E-state index contributed by atoms with van der Waals surface area (Å²) < 4.78 is 5.29. The molecule has 3 rings (SSSR count). The largest absolute Gasteiger partial charge is 0.378 e. The van der Waals surface area contributed by atoms with Gasteiger partial charge in [-0.2, -0.15) is 0 Å². The Kier molecular flexibility index (Phi) is 5.80. The first-order valence-corrected chi connectivity index (χ1v) is 8.54. The molecule has 0 bridgehead atoms. The highest BCUT2D eigenvalue weighted by Crippen LogP contribution is 2.18. The van der Waals surface area contributed by atoms with Gasteiger partial charge in [0.25, 0.3) is 5.91 Å². The molecule has 5 nitrogen and oxygen atoms in total. The van der Waals surface area contributed by atoms with Crippen LogP contribution in [0, 0.1) is 0 Å². The molecule has 0 aromatic heterocycles. The molecule has 1 fully saturated rings. The van der Waals surface area contributed by atoms with Gasteiger partial charge in [0, 0.05) is 19.5 Å². The van der Waals surface area contributed by atoms with Crippen molar-refractivity contribution >= 4 is 17.5 Å². The Morgan fingerprint density at radius 3 is 2.40 bits per heavy atom. The van der Waals surface area contributed by atoms with Crippen LogP contribution in [0.5, 0.6) is 0 Å². The van der Waals surface area contributed by atoms with Gasteiger partial charge in [0.2, 0.25) is 5.91 Å². The Balaban J connectivity index is 1.64. The molecule has 0 atom stereocenters. The number of nitrogens with one attached hydrogen (secondary N) is 1. The van der Waals surface area contributed by atoms with E-state index in [0.29, 0.717) is 50.4 Å². The molecule has 0 aliphatic carbocycles. The molecule has 1 aliphatic rings. The number of carbonyl (C=O) groups is 2. The summed E-state index contributed by atoms with van der Waals surface area (Å²) in [6, 6.07) is 17.0. The maximum Gasteiger partial charge on any atom is 0.256 e. The van der Waals surface area contributed by atoms with E-state index in [1.165, 1.54) is 0 Å². The molecule has 2 amide bonds. The summed E-state index contributed by atoms with van der Waals surface area (Å²) in [5.74, 6) is -0.159. The number of aryl methyl sites for hydroxylation is 1. The fourth-order valence-corrected chi connectivity index (χ4v) is 2.83. The van der Waals surface area contributed by atoms with Crippen LogP contribution in [0.15, 0.2) is 54.6 Å². The van der Waals surface area contributed by atoms with E-state index in [1.54, 1.807) is 17.0 Å². The third kappa shape index (κ3) is 4.67. The second-order valence-corrected chi connectivity index (χ2v) is 5.98. The van der Waals surface area contributed by atoms with Crippen molar-refractivity contribution < 1.29 is 14.3 Å². The molecular weight excluding hydrogens is 316 g/mol. The zero-order valence-corrected chi connectivity index (χ0v) is 14.1. The normalized spacial score (nSPS) is 14.2. The van der Waals surface area contributed by atoms with E-state index < -0.39 is 0 Å². The third-order valence-corrected chi connectivity index (χ3v) is 4.21. The van der Waals surface area contributed by atoms with Gasteiger partial charge in [0.1, 0.15) is 0 Å². The fraction of sp³-hybridized carbons (Fsp3) is 0.300. The minimum Gasteiger partial charge on any atom is -0.378 e. The summed E-state index contributed by atoms with van der Waals surface area (Å²) in [7, 11) is 0. The first-order chi connectivity index (χ1) is 12.2. The second-order valence-electron chi connectivity index (χ2n) is 5.98. The van der Waals surface area contributed by atoms with Crippen LogP contribution >= 0.6 is 0 Å². The molecule has 0 unspecified atom stereocenters. The number of hydrogen-bond acceptors (Lipinski definition) is 3. The lowest BCUT2D eigenvalue weighted by atomic mass is 10.1. The van der Waals surface area contributed by atoms with Crippen LogP contribution in [0.2, 0.25) is 0 Å². The van der Waals surface area contributed by atoms with E-state index in [4.69, 9.17) is 4.74 Å². The van der Waals surface area contributed by atoms with Crippen LogP contribution in [0.25, 0.3) is 0 Å². The molecule has 0 spiro atoms. The minimum atomic E-state index is -0.0916. The van der Waals surface area contributed by atoms with Gasteiger partial charge in [0.15, 0.2) is 0 Å². The van der Waals surface area contributed by atoms with Crippen LogP contribution in [-0.2, 0) is 16.0 Å². The van der Waals surface area contributed by atoms with Crippen LogP contribution in [0.4, 0.5) is 5.69 Å². The first-order valence-electron chi connectivity index (χ1n) is 8.54. The first kappa shape index (κ1) is 17.2. The zero-order valence-electron chi connectivity index (χ0n) is 14.1. The molecule has 1 saturated heterocycles. The molecular formula is C20H22N2O3. The van der Waals surface area contributed by atoms with Gasteiger partial charge in [-0.05, 0) is 24.1 Å². The van der Waals surface area contributed by atoms with E-state index in [-0.39, 0.29) is 11.8 Å².